The highest BCUT2D eigenvalue weighted by Crippen LogP contribution is 2.20. The Kier molecular flexibility index (Phi) is 4.30. The van der Waals surface area contributed by atoms with Gasteiger partial charge in [0.1, 0.15) is 11.5 Å². The first-order valence-electron chi connectivity index (χ1n) is 5.15. The van der Waals surface area contributed by atoms with E-state index in [0.29, 0.717) is 0 Å². The lowest BCUT2D eigenvalue weighted by Crippen LogP contribution is -2.43. The normalized spacial score (nSPS) is 14.1. The molecule has 1 aromatic carbocycles. The van der Waals surface area contributed by atoms with Crippen LogP contribution in [0.25, 0.3) is 0 Å². The molecule has 0 fully saturated rings. The Bertz CT molecular complexity index is 386. The van der Waals surface area contributed by atoms with Crippen molar-refractivity contribution in [1.82, 2.24) is 5.32 Å². The maximum absolute atomic E-state index is 11.6. The lowest BCUT2D eigenvalue weighted by Gasteiger charge is -2.15. The summed E-state index contributed by atoms with van der Waals surface area (Å²) >= 11 is 0. The van der Waals surface area contributed by atoms with Crippen LogP contribution in [-0.4, -0.2) is 39.9 Å². The standard InChI is InChI=1S/C11H16N2O4/c1-6(14)10(12)5-13-11(17)7-2-8(15)4-9(16)3-7/h2-4,6,10,14-16H,5,12H2,1H3,(H,13,17). The number of amides is 1. The van der Waals surface area contributed by atoms with E-state index < -0.39 is 18.1 Å². The Hall–Kier alpha value is -1.79. The van der Waals surface area contributed by atoms with E-state index in [4.69, 9.17) is 10.8 Å². The zero-order chi connectivity index (χ0) is 13.0. The molecule has 2 unspecified atom stereocenters. The molecule has 6 heteroatoms. The topological polar surface area (TPSA) is 116 Å². The maximum atomic E-state index is 11.6. The molecule has 0 aliphatic carbocycles. The number of nitrogens with two attached hydrogens (primary N) is 1. The second-order valence-corrected chi connectivity index (χ2v) is 3.85. The van der Waals surface area contributed by atoms with Crippen molar-refractivity contribution in [2.24, 2.45) is 5.73 Å². The fourth-order valence-corrected chi connectivity index (χ4v) is 1.21. The number of aromatic hydroxyl groups is 2. The van der Waals surface area contributed by atoms with Crippen molar-refractivity contribution in [3.8, 4) is 11.5 Å². The molecule has 0 saturated heterocycles. The average Bonchev–Trinajstić information content (AvgIpc) is 2.23. The van der Waals surface area contributed by atoms with Gasteiger partial charge in [-0.25, -0.2) is 0 Å². The number of carbonyl (C=O) groups excluding carboxylic acids is 1. The predicted octanol–water partition coefficient (Wildman–Crippen LogP) is -0.464. The number of aliphatic hydroxyl groups excluding tert-OH is 1. The summed E-state index contributed by atoms with van der Waals surface area (Å²) in [5.41, 5.74) is 5.66. The van der Waals surface area contributed by atoms with Crippen LogP contribution in [0.1, 0.15) is 17.3 Å². The average molecular weight is 240 g/mol. The van der Waals surface area contributed by atoms with Crippen LogP contribution in [0.4, 0.5) is 0 Å². The fourth-order valence-electron chi connectivity index (χ4n) is 1.21. The Morgan fingerprint density at radius 3 is 2.35 bits per heavy atom. The third-order valence-corrected chi connectivity index (χ3v) is 2.28. The Morgan fingerprint density at radius 2 is 1.88 bits per heavy atom. The lowest BCUT2D eigenvalue weighted by atomic mass is 10.1. The largest absolute Gasteiger partial charge is 0.508 e. The van der Waals surface area contributed by atoms with E-state index in [9.17, 15) is 15.0 Å². The van der Waals surface area contributed by atoms with E-state index in [-0.39, 0.29) is 23.6 Å². The van der Waals surface area contributed by atoms with Gasteiger partial charge < -0.3 is 26.4 Å². The van der Waals surface area contributed by atoms with Gasteiger partial charge in [0.2, 0.25) is 0 Å². The molecule has 0 aliphatic heterocycles. The minimum absolute atomic E-state index is 0.104. The van der Waals surface area contributed by atoms with Gasteiger partial charge in [0.15, 0.2) is 0 Å². The highest BCUT2D eigenvalue weighted by molar-refractivity contribution is 5.95. The van der Waals surface area contributed by atoms with Crippen LogP contribution in [0.5, 0.6) is 11.5 Å². The van der Waals surface area contributed by atoms with E-state index >= 15 is 0 Å². The van der Waals surface area contributed by atoms with Crippen LogP contribution < -0.4 is 11.1 Å². The van der Waals surface area contributed by atoms with Gasteiger partial charge in [-0.1, -0.05) is 0 Å². The van der Waals surface area contributed by atoms with E-state index in [1.807, 2.05) is 0 Å². The summed E-state index contributed by atoms with van der Waals surface area (Å²) in [7, 11) is 0. The number of phenolic OH excluding ortho intramolecular Hbond substituents is 2. The maximum Gasteiger partial charge on any atom is 0.251 e. The van der Waals surface area contributed by atoms with Crippen molar-refractivity contribution in [2.45, 2.75) is 19.1 Å². The number of nitrogens with one attached hydrogen (secondary N) is 1. The van der Waals surface area contributed by atoms with Crippen LogP contribution in [0.3, 0.4) is 0 Å². The van der Waals surface area contributed by atoms with Gasteiger partial charge in [-0.2, -0.15) is 0 Å². The van der Waals surface area contributed by atoms with Crippen LogP contribution in [0.15, 0.2) is 18.2 Å². The Morgan fingerprint density at radius 1 is 1.35 bits per heavy atom. The molecule has 6 nitrogen and oxygen atoms in total. The van der Waals surface area contributed by atoms with Crippen molar-refractivity contribution in [3.63, 3.8) is 0 Å². The molecule has 0 spiro atoms. The summed E-state index contributed by atoms with van der Waals surface area (Å²) in [4.78, 5) is 11.6. The van der Waals surface area contributed by atoms with Gasteiger partial charge in [-0.05, 0) is 19.1 Å². The lowest BCUT2D eigenvalue weighted by molar-refractivity contribution is 0.0936. The smallest absolute Gasteiger partial charge is 0.251 e. The number of benzene rings is 1. The van der Waals surface area contributed by atoms with Crippen molar-refractivity contribution in [3.05, 3.63) is 23.8 Å². The van der Waals surface area contributed by atoms with E-state index in [2.05, 4.69) is 5.32 Å². The quantitative estimate of drug-likeness (QED) is 0.488. The summed E-state index contributed by atoms with van der Waals surface area (Å²) in [6.07, 6.45) is -0.729. The molecule has 0 aromatic heterocycles. The zero-order valence-electron chi connectivity index (χ0n) is 9.42. The molecular formula is C11H16N2O4. The number of phenols is 2. The van der Waals surface area contributed by atoms with Gasteiger partial charge in [0.05, 0.1) is 6.10 Å². The first kappa shape index (κ1) is 13.3. The van der Waals surface area contributed by atoms with E-state index in [0.717, 1.165) is 6.07 Å². The van der Waals surface area contributed by atoms with Crippen LogP contribution in [-0.2, 0) is 0 Å². The Balaban J connectivity index is 2.64. The zero-order valence-corrected chi connectivity index (χ0v) is 9.42. The van der Waals surface area contributed by atoms with E-state index in [1.165, 1.54) is 19.1 Å². The monoisotopic (exact) mass is 240 g/mol. The summed E-state index contributed by atoms with van der Waals surface area (Å²) < 4.78 is 0. The number of aliphatic hydroxyl groups is 1. The Labute approximate surface area is 98.7 Å². The second kappa shape index (κ2) is 5.51. The number of hydrogen-bond donors (Lipinski definition) is 5. The molecule has 0 aliphatic rings. The van der Waals surface area contributed by atoms with Crippen LogP contribution in [0.2, 0.25) is 0 Å². The van der Waals surface area contributed by atoms with Gasteiger partial charge in [-0.3, -0.25) is 4.79 Å². The summed E-state index contributed by atoms with van der Waals surface area (Å²) in [5, 5.41) is 30.0. The van der Waals surface area contributed by atoms with E-state index in [1.54, 1.807) is 0 Å². The SMILES string of the molecule is CC(O)C(N)CNC(=O)c1cc(O)cc(O)c1. The minimum Gasteiger partial charge on any atom is -0.508 e. The van der Waals surface area contributed by atoms with Gasteiger partial charge in [0, 0.05) is 24.2 Å². The fraction of sp³-hybridized carbons (Fsp3) is 0.364. The molecule has 6 N–H and O–H groups in total. The first-order valence-corrected chi connectivity index (χ1v) is 5.15. The molecule has 17 heavy (non-hydrogen) atoms. The molecule has 0 radical (unpaired) electrons. The van der Waals surface area contributed by atoms with Gasteiger partial charge >= 0.3 is 0 Å². The summed E-state index contributed by atoms with van der Waals surface area (Å²) in [6, 6.07) is 3.01. The highest BCUT2D eigenvalue weighted by Gasteiger charge is 2.12. The molecule has 1 aromatic rings. The van der Waals surface area contributed by atoms with Crippen molar-refractivity contribution < 1.29 is 20.1 Å². The molecule has 2 atom stereocenters. The summed E-state index contributed by atoms with van der Waals surface area (Å²) in [5.74, 6) is -0.878. The number of hydrogen-bond acceptors (Lipinski definition) is 5. The molecule has 0 saturated carbocycles. The second-order valence-electron chi connectivity index (χ2n) is 3.85. The molecular weight excluding hydrogens is 224 g/mol. The van der Waals surface area contributed by atoms with Gasteiger partial charge in [-0.15, -0.1) is 0 Å². The number of rotatable bonds is 4. The number of carbonyl (C=O) groups is 1. The molecule has 1 amide bonds. The van der Waals surface area contributed by atoms with Crippen molar-refractivity contribution >= 4 is 5.91 Å². The predicted molar refractivity (Wildman–Crippen MR) is 61.8 cm³/mol. The molecule has 94 valence electrons. The van der Waals surface area contributed by atoms with Crippen molar-refractivity contribution in [2.75, 3.05) is 6.54 Å². The molecule has 0 bridgehead atoms. The van der Waals surface area contributed by atoms with Crippen LogP contribution in [0, 0.1) is 0 Å². The summed E-state index contributed by atoms with van der Waals surface area (Å²) in [6.45, 7) is 1.63. The third-order valence-electron chi connectivity index (χ3n) is 2.28. The van der Waals surface area contributed by atoms with Gasteiger partial charge in [0.25, 0.3) is 5.91 Å². The highest BCUT2D eigenvalue weighted by atomic mass is 16.3. The van der Waals surface area contributed by atoms with Crippen LogP contribution >= 0.6 is 0 Å². The minimum atomic E-state index is -0.729. The first-order chi connectivity index (χ1) is 7.90. The molecule has 1 rings (SSSR count). The molecule has 0 heterocycles. The van der Waals surface area contributed by atoms with Crippen molar-refractivity contribution in [1.29, 1.82) is 0 Å². The third kappa shape index (κ3) is 3.93.